The molecule has 4 heterocycles. The minimum absolute atomic E-state index is 0.0212. The Labute approximate surface area is 180 Å². The molecule has 2 aromatic rings. The van der Waals surface area contributed by atoms with Crippen LogP contribution in [0.2, 0.25) is 0 Å². The summed E-state index contributed by atoms with van der Waals surface area (Å²) in [6.07, 6.45) is -2.06. The highest BCUT2D eigenvalue weighted by molar-refractivity contribution is 7.09. The lowest BCUT2D eigenvalue weighted by atomic mass is 9.81. The molecule has 168 valence electrons. The zero-order valence-electron chi connectivity index (χ0n) is 16.3. The minimum Gasteiger partial charge on any atom is -0.475 e. The number of nitrogens with one attached hydrogen (secondary N) is 1. The molecule has 0 spiro atoms. The Morgan fingerprint density at radius 2 is 2.13 bits per heavy atom. The fourth-order valence-electron chi connectivity index (χ4n) is 3.72. The molecule has 12 heteroatoms. The number of ether oxygens (including phenoxy) is 1. The Kier molecular flexibility index (Phi) is 7.23. The first-order valence-corrected chi connectivity index (χ1v) is 10.2. The number of rotatable bonds is 5. The molecule has 2 aromatic heterocycles. The Hall–Kier alpha value is -2.57. The van der Waals surface area contributed by atoms with Crippen LogP contribution in [-0.4, -0.2) is 71.1 Å². The maximum absolute atomic E-state index is 12.3. The predicted octanol–water partition coefficient (Wildman–Crippen LogP) is 2.05. The van der Waals surface area contributed by atoms with Crippen molar-refractivity contribution in [2.45, 2.75) is 12.7 Å². The lowest BCUT2D eigenvalue weighted by Gasteiger charge is -2.27. The summed E-state index contributed by atoms with van der Waals surface area (Å²) >= 11 is 1.80. The molecule has 2 N–H and O–H groups in total. The van der Waals surface area contributed by atoms with Gasteiger partial charge >= 0.3 is 12.1 Å². The number of likely N-dealkylation sites (tertiary alicyclic amines) is 1. The van der Waals surface area contributed by atoms with Crippen LogP contribution in [0.25, 0.3) is 0 Å². The molecule has 8 nitrogen and oxygen atoms in total. The van der Waals surface area contributed by atoms with E-state index in [1.807, 2.05) is 0 Å². The maximum atomic E-state index is 12.3. The summed E-state index contributed by atoms with van der Waals surface area (Å²) in [6.45, 7) is 5.12. The minimum atomic E-state index is -5.08. The van der Waals surface area contributed by atoms with Gasteiger partial charge in [0, 0.05) is 42.4 Å². The van der Waals surface area contributed by atoms with Gasteiger partial charge in [-0.25, -0.2) is 4.79 Å². The number of carbonyl (C=O) groups excluding carboxylic acids is 1. The van der Waals surface area contributed by atoms with E-state index in [0.29, 0.717) is 24.6 Å². The number of nitrogens with zero attached hydrogens (tertiary/aromatic N) is 3. The number of carboxylic acids is 1. The SMILES string of the molecule is O=C(NC[C@]12COC[C@H]1CN(Cc1cccs1)C2)c1ccnnc1.O=C(O)C(F)(F)F. The number of alkyl halides is 3. The predicted molar refractivity (Wildman–Crippen MR) is 104 cm³/mol. The maximum Gasteiger partial charge on any atom is 0.490 e. The summed E-state index contributed by atoms with van der Waals surface area (Å²) in [6, 6.07) is 5.96. The Morgan fingerprint density at radius 1 is 1.35 bits per heavy atom. The molecule has 0 unspecified atom stereocenters. The van der Waals surface area contributed by atoms with E-state index in [-0.39, 0.29) is 11.3 Å². The van der Waals surface area contributed by atoms with Gasteiger partial charge in [0.15, 0.2) is 0 Å². The molecule has 2 saturated heterocycles. The molecule has 1 amide bonds. The largest absolute Gasteiger partial charge is 0.490 e. The van der Waals surface area contributed by atoms with Crippen LogP contribution >= 0.6 is 11.3 Å². The van der Waals surface area contributed by atoms with Crippen molar-refractivity contribution in [1.82, 2.24) is 20.4 Å². The smallest absolute Gasteiger partial charge is 0.475 e. The van der Waals surface area contributed by atoms with Crippen molar-refractivity contribution in [3.8, 4) is 0 Å². The van der Waals surface area contributed by atoms with Gasteiger partial charge in [0.05, 0.1) is 31.2 Å². The van der Waals surface area contributed by atoms with Gasteiger partial charge in [-0.15, -0.1) is 11.3 Å². The van der Waals surface area contributed by atoms with Crippen LogP contribution < -0.4 is 5.32 Å². The summed E-state index contributed by atoms with van der Waals surface area (Å²) < 4.78 is 37.5. The third-order valence-electron chi connectivity index (χ3n) is 5.24. The second kappa shape index (κ2) is 9.71. The normalized spacial score (nSPS) is 23.0. The van der Waals surface area contributed by atoms with Crippen molar-refractivity contribution in [3.63, 3.8) is 0 Å². The fourth-order valence-corrected chi connectivity index (χ4v) is 4.47. The standard InChI is InChI=1S/C17H20N4O2S.C2HF3O2/c22-16(13-3-4-19-20-6-13)18-10-17-11-21(7-14(17)9-23-12-17)8-15-2-1-5-24-15;3-2(4,5)1(6)7/h1-6,14H,7-12H2,(H,18,22);(H,6,7)/t14-,17+;/m1./s1. The number of carbonyl (C=O) groups is 2. The highest BCUT2D eigenvalue weighted by Crippen LogP contribution is 2.41. The molecule has 0 radical (unpaired) electrons. The average Bonchev–Trinajstić information content (AvgIpc) is 3.43. The van der Waals surface area contributed by atoms with Crippen molar-refractivity contribution >= 4 is 23.2 Å². The van der Waals surface area contributed by atoms with Crippen molar-refractivity contribution in [1.29, 1.82) is 0 Å². The van der Waals surface area contributed by atoms with Gasteiger partial charge in [0.1, 0.15) is 0 Å². The number of carboxylic acid groups (broad SMARTS) is 1. The van der Waals surface area contributed by atoms with Gasteiger partial charge in [-0.3, -0.25) is 9.69 Å². The number of hydrogen-bond donors (Lipinski definition) is 2. The second-order valence-electron chi connectivity index (χ2n) is 7.44. The van der Waals surface area contributed by atoms with Gasteiger partial charge in [0.2, 0.25) is 0 Å². The summed E-state index contributed by atoms with van der Waals surface area (Å²) in [5.74, 6) is -2.37. The molecule has 0 aromatic carbocycles. The summed E-state index contributed by atoms with van der Waals surface area (Å²) in [5, 5.41) is 19.8. The van der Waals surface area contributed by atoms with E-state index >= 15 is 0 Å². The highest BCUT2D eigenvalue weighted by atomic mass is 32.1. The Balaban J connectivity index is 0.000000339. The first-order valence-electron chi connectivity index (χ1n) is 9.37. The van der Waals surface area contributed by atoms with E-state index in [1.165, 1.54) is 17.3 Å². The topological polar surface area (TPSA) is 105 Å². The van der Waals surface area contributed by atoms with Crippen LogP contribution in [0.4, 0.5) is 13.2 Å². The average molecular weight is 458 g/mol. The molecular weight excluding hydrogens is 437 g/mol. The molecule has 0 bridgehead atoms. The van der Waals surface area contributed by atoms with Crippen LogP contribution in [-0.2, 0) is 16.1 Å². The van der Waals surface area contributed by atoms with E-state index < -0.39 is 12.1 Å². The molecule has 0 saturated carbocycles. The first-order chi connectivity index (χ1) is 14.7. The molecular formula is C19H21F3N4O4S. The number of fused-ring (bicyclic) bond motifs is 1. The molecule has 2 aliphatic heterocycles. The third kappa shape index (κ3) is 5.99. The van der Waals surface area contributed by atoms with Crippen LogP contribution in [0.15, 0.2) is 36.0 Å². The van der Waals surface area contributed by atoms with Gasteiger partial charge in [-0.1, -0.05) is 6.07 Å². The molecule has 2 atom stereocenters. The molecule has 4 rings (SSSR count). The van der Waals surface area contributed by atoms with Crippen molar-refractivity contribution < 1.29 is 32.6 Å². The van der Waals surface area contributed by atoms with E-state index in [1.54, 1.807) is 17.4 Å². The van der Waals surface area contributed by atoms with E-state index in [4.69, 9.17) is 14.6 Å². The number of halogens is 3. The van der Waals surface area contributed by atoms with Crippen LogP contribution in [0.3, 0.4) is 0 Å². The van der Waals surface area contributed by atoms with Gasteiger partial charge in [-0.05, 0) is 17.5 Å². The summed E-state index contributed by atoms with van der Waals surface area (Å²) in [5.41, 5.74) is 0.568. The number of hydrogen-bond acceptors (Lipinski definition) is 7. The Bertz CT molecular complexity index is 882. The first kappa shape index (κ1) is 23.1. The van der Waals surface area contributed by atoms with Gasteiger partial charge in [0.25, 0.3) is 5.91 Å². The zero-order valence-corrected chi connectivity index (χ0v) is 17.2. The van der Waals surface area contributed by atoms with Crippen LogP contribution in [0.5, 0.6) is 0 Å². The monoisotopic (exact) mass is 458 g/mol. The van der Waals surface area contributed by atoms with Crippen LogP contribution in [0.1, 0.15) is 15.2 Å². The van der Waals surface area contributed by atoms with Crippen molar-refractivity contribution in [2.75, 3.05) is 32.8 Å². The second-order valence-corrected chi connectivity index (χ2v) is 8.47. The number of thiophene rings is 1. The highest BCUT2D eigenvalue weighted by Gasteiger charge is 2.50. The molecule has 2 aliphatic rings. The van der Waals surface area contributed by atoms with E-state index in [9.17, 15) is 18.0 Å². The number of aromatic nitrogens is 2. The fraction of sp³-hybridized carbons (Fsp3) is 0.474. The number of aliphatic carboxylic acids is 1. The van der Waals surface area contributed by atoms with Gasteiger partial charge in [-0.2, -0.15) is 23.4 Å². The molecule has 31 heavy (non-hydrogen) atoms. The van der Waals surface area contributed by atoms with E-state index in [2.05, 4.69) is 37.9 Å². The third-order valence-corrected chi connectivity index (χ3v) is 6.10. The molecule has 2 fully saturated rings. The summed E-state index contributed by atoms with van der Waals surface area (Å²) in [4.78, 5) is 25.1. The molecule has 0 aliphatic carbocycles. The lowest BCUT2D eigenvalue weighted by molar-refractivity contribution is -0.192. The van der Waals surface area contributed by atoms with Crippen molar-refractivity contribution in [3.05, 3.63) is 46.4 Å². The lowest BCUT2D eigenvalue weighted by Crippen LogP contribution is -2.43. The Morgan fingerprint density at radius 3 is 2.74 bits per heavy atom. The van der Waals surface area contributed by atoms with Crippen LogP contribution in [0, 0.1) is 11.3 Å². The summed E-state index contributed by atoms with van der Waals surface area (Å²) in [7, 11) is 0. The zero-order chi connectivity index (χ0) is 22.5. The van der Waals surface area contributed by atoms with E-state index in [0.717, 1.165) is 26.2 Å². The van der Waals surface area contributed by atoms with Crippen molar-refractivity contribution in [2.24, 2.45) is 11.3 Å². The quantitative estimate of drug-likeness (QED) is 0.707. The van der Waals surface area contributed by atoms with Gasteiger partial charge < -0.3 is 15.2 Å². The number of amides is 1.